The van der Waals surface area contributed by atoms with Crippen LogP contribution in [0.25, 0.3) is 0 Å². The molecule has 0 radical (unpaired) electrons. The van der Waals surface area contributed by atoms with Gasteiger partial charge in [0, 0.05) is 24.8 Å². The Morgan fingerprint density at radius 3 is 2.59 bits per heavy atom. The van der Waals surface area contributed by atoms with Crippen LogP contribution in [0, 0.1) is 0 Å². The van der Waals surface area contributed by atoms with Gasteiger partial charge in [0.2, 0.25) is 5.91 Å². The Morgan fingerprint density at radius 1 is 1.35 bits per heavy atom. The number of carbonyl (C=O) groups excluding carboxylic acids is 1. The number of thiol groups is 2. The lowest BCUT2D eigenvalue weighted by Gasteiger charge is -2.19. The van der Waals surface area contributed by atoms with Crippen LogP contribution in [0.1, 0.15) is 39.0 Å². The molecule has 17 heavy (non-hydrogen) atoms. The van der Waals surface area contributed by atoms with E-state index in [1.54, 1.807) is 4.90 Å². The predicted octanol–water partition coefficient (Wildman–Crippen LogP) is 2.01. The molecule has 0 fully saturated rings. The maximum atomic E-state index is 11.7. The van der Waals surface area contributed by atoms with Gasteiger partial charge >= 0.3 is 0 Å². The van der Waals surface area contributed by atoms with Crippen LogP contribution < -0.4 is 0 Å². The third kappa shape index (κ3) is 8.80. The quantitative estimate of drug-likeness (QED) is 0.423. The van der Waals surface area contributed by atoms with Crippen LogP contribution in [0.15, 0.2) is 0 Å². The van der Waals surface area contributed by atoms with Crippen molar-refractivity contribution in [1.29, 1.82) is 0 Å². The van der Waals surface area contributed by atoms with E-state index in [1.165, 1.54) is 0 Å². The molecule has 1 unspecified atom stereocenters. The fourth-order valence-corrected chi connectivity index (χ4v) is 2.51. The molecule has 0 heterocycles. The van der Waals surface area contributed by atoms with Crippen LogP contribution in [-0.4, -0.2) is 46.6 Å². The molecule has 1 N–H and O–H groups in total. The van der Waals surface area contributed by atoms with E-state index in [4.69, 9.17) is 5.11 Å². The second kappa shape index (κ2) is 11.2. The first-order chi connectivity index (χ1) is 8.15. The summed E-state index contributed by atoms with van der Waals surface area (Å²) in [7, 11) is 0. The number of unbranched alkanes of at least 4 members (excludes halogenated alkanes) is 1. The van der Waals surface area contributed by atoms with Crippen LogP contribution in [-0.2, 0) is 4.79 Å². The number of aliphatic hydroxyl groups is 1. The molecule has 0 rings (SSSR count). The molecular formula is C12H25NO2S2. The molecule has 0 aliphatic heterocycles. The van der Waals surface area contributed by atoms with Crippen molar-refractivity contribution in [2.24, 2.45) is 0 Å². The average Bonchev–Trinajstić information content (AvgIpc) is 2.31. The number of hydrogen-bond donors (Lipinski definition) is 3. The van der Waals surface area contributed by atoms with E-state index in [1.807, 2.05) is 6.92 Å². The van der Waals surface area contributed by atoms with Gasteiger partial charge in [0.05, 0.1) is 6.61 Å². The first kappa shape index (κ1) is 17.1. The molecule has 0 bridgehead atoms. The Hall–Kier alpha value is 0.130. The maximum absolute atomic E-state index is 11.7. The zero-order valence-electron chi connectivity index (χ0n) is 10.6. The zero-order chi connectivity index (χ0) is 13.1. The molecule has 0 aromatic heterocycles. The summed E-state index contributed by atoms with van der Waals surface area (Å²) in [5.74, 6) is 1.01. The Labute approximate surface area is 116 Å². The summed E-state index contributed by atoms with van der Waals surface area (Å²) in [6, 6.07) is 0. The second-order valence-corrected chi connectivity index (χ2v) is 5.29. The molecule has 0 spiro atoms. The molecule has 0 aliphatic rings. The number of hydrogen-bond acceptors (Lipinski definition) is 4. The van der Waals surface area contributed by atoms with E-state index in [0.717, 1.165) is 31.4 Å². The van der Waals surface area contributed by atoms with Gasteiger partial charge in [-0.3, -0.25) is 4.79 Å². The fraction of sp³-hybridized carbons (Fsp3) is 0.917. The molecule has 3 nitrogen and oxygen atoms in total. The number of nitrogens with zero attached hydrogens (tertiary/aromatic N) is 1. The summed E-state index contributed by atoms with van der Waals surface area (Å²) in [5.41, 5.74) is 0. The monoisotopic (exact) mass is 279 g/mol. The fourth-order valence-electron chi connectivity index (χ4n) is 1.69. The third-order valence-corrected chi connectivity index (χ3v) is 3.52. The summed E-state index contributed by atoms with van der Waals surface area (Å²) < 4.78 is 0. The van der Waals surface area contributed by atoms with Gasteiger partial charge < -0.3 is 10.0 Å². The number of likely N-dealkylation sites (N-methyl/N-ethyl adjacent to an activating group) is 1. The van der Waals surface area contributed by atoms with Gasteiger partial charge in [-0.1, -0.05) is 6.42 Å². The van der Waals surface area contributed by atoms with Crippen molar-refractivity contribution in [3.8, 4) is 0 Å². The highest BCUT2D eigenvalue weighted by Gasteiger charge is 2.10. The Bertz CT molecular complexity index is 203. The van der Waals surface area contributed by atoms with Crippen molar-refractivity contribution in [2.75, 3.05) is 25.4 Å². The maximum Gasteiger partial charge on any atom is 0.222 e. The Balaban J connectivity index is 3.62. The molecule has 0 saturated heterocycles. The Kier molecular flexibility index (Phi) is 11.3. The zero-order valence-corrected chi connectivity index (χ0v) is 12.4. The van der Waals surface area contributed by atoms with Crippen LogP contribution in [0.3, 0.4) is 0 Å². The topological polar surface area (TPSA) is 40.5 Å². The summed E-state index contributed by atoms with van der Waals surface area (Å²) in [6.07, 6.45) is 4.58. The minimum atomic E-state index is 0.0419. The van der Waals surface area contributed by atoms with Gasteiger partial charge in [0.25, 0.3) is 0 Å². The summed E-state index contributed by atoms with van der Waals surface area (Å²) in [6.45, 7) is 3.10. The van der Waals surface area contributed by atoms with Gasteiger partial charge in [-0.25, -0.2) is 0 Å². The van der Waals surface area contributed by atoms with Gasteiger partial charge in [0.1, 0.15) is 0 Å². The molecule has 5 heteroatoms. The van der Waals surface area contributed by atoms with Crippen LogP contribution in [0.5, 0.6) is 0 Å². The lowest BCUT2D eigenvalue weighted by molar-refractivity contribution is -0.131. The van der Waals surface area contributed by atoms with Crippen molar-refractivity contribution in [3.05, 3.63) is 0 Å². The third-order valence-electron chi connectivity index (χ3n) is 2.74. The highest BCUT2D eigenvalue weighted by atomic mass is 32.1. The highest BCUT2D eigenvalue weighted by Crippen LogP contribution is 2.13. The average molecular weight is 279 g/mol. The minimum absolute atomic E-state index is 0.0419. The molecule has 0 aromatic carbocycles. The van der Waals surface area contributed by atoms with E-state index >= 15 is 0 Å². The van der Waals surface area contributed by atoms with Gasteiger partial charge in [0.15, 0.2) is 0 Å². The number of aliphatic hydroxyl groups excluding tert-OH is 1. The molecule has 1 amide bonds. The van der Waals surface area contributed by atoms with Crippen LogP contribution in [0.2, 0.25) is 0 Å². The summed E-state index contributed by atoms with van der Waals surface area (Å²) in [4.78, 5) is 13.4. The van der Waals surface area contributed by atoms with E-state index in [9.17, 15) is 4.79 Å². The molecule has 0 aromatic rings. The number of rotatable bonds is 10. The number of amides is 1. The van der Waals surface area contributed by atoms with E-state index in [0.29, 0.717) is 24.8 Å². The van der Waals surface area contributed by atoms with E-state index < -0.39 is 0 Å². The van der Waals surface area contributed by atoms with Crippen molar-refractivity contribution >= 4 is 31.2 Å². The molecule has 0 aliphatic carbocycles. The highest BCUT2D eigenvalue weighted by molar-refractivity contribution is 7.81. The number of carbonyl (C=O) groups is 1. The molecule has 0 saturated carbocycles. The van der Waals surface area contributed by atoms with E-state index in [-0.39, 0.29) is 12.5 Å². The van der Waals surface area contributed by atoms with Crippen molar-refractivity contribution in [1.82, 2.24) is 4.90 Å². The SMILES string of the molecule is CCN(CCO)C(=O)CCCCC(S)CCS. The van der Waals surface area contributed by atoms with Crippen molar-refractivity contribution in [2.45, 2.75) is 44.3 Å². The second-order valence-electron chi connectivity index (χ2n) is 4.11. The molecule has 102 valence electrons. The van der Waals surface area contributed by atoms with Crippen molar-refractivity contribution < 1.29 is 9.90 Å². The minimum Gasteiger partial charge on any atom is -0.395 e. The van der Waals surface area contributed by atoms with E-state index in [2.05, 4.69) is 25.3 Å². The largest absolute Gasteiger partial charge is 0.395 e. The molecular weight excluding hydrogens is 254 g/mol. The molecule has 1 atom stereocenters. The predicted molar refractivity (Wildman–Crippen MR) is 79.1 cm³/mol. The van der Waals surface area contributed by atoms with Crippen LogP contribution in [0.4, 0.5) is 0 Å². The normalized spacial score (nSPS) is 12.5. The van der Waals surface area contributed by atoms with Crippen molar-refractivity contribution in [3.63, 3.8) is 0 Å². The smallest absolute Gasteiger partial charge is 0.222 e. The van der Waals surface area contributed by atoms with Gasteiger partial charge in [-0.05, 0) is 31.9 Å². The summed E-state index contributed by atoms with van der Waals surface area (Å²) in [5, 5.41) is 9.21. The first-order valence-corrected chi connectivity index (χ1v) is 7.48. The standard InChI is InChI=1S/C12H25NO2S2/c1-2-13(8-9-14)12(15)6-4-3-5-11(17)7-10-16/h11,14,16-17H,2-10H2,1H3. The van der Waals surface area contributed by atoms with Gasteiger partial charge in [-0.2, -0.15) is 25.3 Å². The lowest BCUT2D eigenvalue weighted by Crippen LogP contribution is -2.33. The van der Waals surface area contributed by atoms with Crippen LogP contribution >= 0.6 is 25.3 Å². The lowest BCUT2D eigenvalue weighted by atomic mass is 10.1. The van der Waals surface area contributed by atoms with Gasteiger partial charge in [-0.15, -0.1) is 0 Å². The summed E-state index contributed by atoms with van der Waals surface area (Å²) >= 11 is 8.62. The first-order valence-electron chi connectivity index (χ1n) is 6.33. The Morgan fingerprint density at radius 2 is 2.06 bits per heavy atom.